The van der Waals surface area contributed by atoms with E-state index in [0.717, 1.165) is 0 Å². The summed E-state index contributed by atoms with van der Waals surface area (Å²) in [5, 5.41) is 0. The van der Waals surface area contributed by atoms with Crippen LogP contribution >= 0.6 is 0 Å². The molecule has 86 valence electrons. The molecule has 0 N–H and O–H groups in total. The van der Waals surface area contributed by atoms with Crippen molar-refractivity contribution in [3.63, 3.8) is 0 Å². The summed E-state index contributed by atoms with van der Waals surface area (Å²) >= 11 is -0.980. The summed E-state index contributed by atoms with van der Waals surface area (Å²) in [7, 11) is 0. The molecule has 0 unspecified atom stereocenters. The van der Waals surface area contributed by atoms with Gasteiger partial charge in [0.25, 0.3) is 0 Å². The number of hydrogen-bond acceptors (Lipinski definition) is 0. The van der Waals surface area contributed by atoms with Crippen molar-refractivity contribution >= 4 is 4.60 Å². The second-order valence-electron chi connectivity index (χ2n) is 7.24. The van der Waals surface area contributed by atoms with E-state index in [4.69, 9.17) is 0 Å². The van der Waals surface area contributed by atoms with Crippen molar-refractivity contribution in [3.8, 4) is 0 Å². The fourth-order valence-electron chi connectivity index (χ4n) is 2.05. The Labute approximate surface area is 131 Å². The van der Waals surface area contributed by atoms with Crippen LogP contribution in [-0.4, -0.2) is 4.60 Å². The Hall–Kier alpha value is 1.69. The fourth-order valence-corrected chi connectivity index (χ4v) is 14.9. The van der Waals surface area contributed by atoms with Gasteiger partial charge in [0.05, 0.1) is 0 Å². The summed E-state index contributed by atoms with van der Waals surface area (Å²) in [6.45, 7) is 14.4. The van der Waals surface area contributed by atoms with Crippen molar-refractivity contribution in [1.82, 2.24) is 0 Å². The van der Waals surface area contributed by atoms with Gasteiger partial charge < -0.3 is 0 Å². The van der Waals surface area contributed by atoms with Gasteiger partial charge in [-0.1, -0.05) is 0 Å². The van der Waals surface area contributed by atoms with Crippen molar-refractivity contribution in [2.45, 2.75) is 54.4 Å². The van der Waals surface area contributed by atoms with Gasteiger partial charge >= 0.3 is 133 Å². The van der Waals surface area contributed by atoms with Gasteiger partial charge in [-0.2, -0.15) is 0 Å². The Kier molecular flexibility index (Phi) is 6.12. The second-order valence-corrected chi connectivity index (χ2v) is 14.2. The molecule has 1 aliphatic rings. The van der Waals surface area contributed by atoms with Gasteiger partial charge in [0.2, 0.25) is 0 Å². The number of hydrogen-bond donors (Lipinski definition) is 0. The topological polar surface area (TPSA) is 0 Å². The molecule has 0 amide bonds. The van der Waals surface area contributed by atoms with Crippen LogP contribution < -0.4 is 0 Å². The molecule has 0 atom stereocenters. The van der Waals surface area contributed by atoms with Gasteiger partial charge in [0, 0.05) is 0 Å². The zero-order valence-corrected chi connectivity index (χ0v) is 17.4. The van der Waals surface area contributed by atoms with Crippen LogP contribution in [0.25, 0.3) is 0 Å². The predicted molar refractivity (Wildman–Crippen MR) is 67.3 cm³/mol. The molecular weight excluding hydrogens is 346 g/mol. The Bertz CT molecular complexity index is 299. The molecule has 0 bridgehead atoms. The quantitative estimate of drug-likeness (QED) is 0.693. The summed E-state index contributed by atoms with van der Waals surface area (Å²) in [5.74, 6) is 0. The van der Waals surface area contributed by atoms with Crippen molar-refractivity contribution in [2.24, 2.45) is 10.8 Å². The van der Waals surface area contributed by atoms with Gasteiger partial charge in [-0.25, -0.2) is 0 Å². The minimum atomic E-state index is -0.490. The third kappa shape index (κ3) is 6.57. The Morgan fingerprint density at radius 3 is 1.31 bits per heavy atom. The van der Waals surface area contributed by atoms with E-state index >= 15 is 0 Å². The predicted octanol–water partition coefficient (Wildman–Crippen LogP) is 3.85. The molecule has 1 aliphatic heterocycles. The van der Waals surface area contributed by atoms with E-state index in [1.165, 1.54) is 12.8 Å². The van der Waals surface area contributed by atoms with Crippen LogP contribution in [-0.2, 0) is 57.4 Å². The van der Waals surface area contributed by atoms with Gasteiger partial charge in [-0.05, 0) is 0 Å². The fraction of sp³-hybridized carbons (Fsp3) is 0.714. The average molecular weight is 370 g/mol. The maximum absolute atomic E-state index is 2.61. The summed E-state index contributed by atoms with van der Waals surface area (Å²) < 4.78 is 9.18. The van der Waals surface area contributed by atoms with Gasteiger partial charge in [0.15, 0.2) is 0 Å². The van der Waals surface area contributed by atoms with Crippen molar-refractivity contribution in [1.29, 1.82) is 0 Å². The normalized spacial score (nSPS) is 16.1. The molecule has 0 spiro atoms. The third-order valence-corrected chi connectivity index (χ3v) is 14.1. The first-order valence-electron chi connectivity index (χ1n) is 6.24. The maximum atomic E-state index is 2.61. The van der Waals surface area contributed by atoms with Crippen molar-refractivity contribution in [2.75, 3.05) is 0 Å². The Balaban J connectivity index is 2.80. The van der Waals surface area contributed by atoms with E-state index in [0.29, 0.717) is 10.8 Å². The molecule has 16 heavy (non-hydrogen) atoms. The van der Waals surface area contributed by atoms with Crippen LogP contribution in [0.3, 0.4) is 0 Å². The summed E-state index contributed by atoms with van der Waals surface area (Å²) in [6.07, 6.45) is 2.77. The zero-order valence-electron chi connectivity index (χ0n) is 11.7. The first kappa shape index (κ1) is 15.7. The monoisotopic (exact) mass is 370 g/mol. The van der Waals surface area contributed by atoms with Crippen LogP contribution in [0.2, 0.25) is 0 Å². The molecule has 0 aromatic carbocycles. The molecule has 0 aliphatic carbocycles. The third-order valence-electron chi connectivity index (χ3n) is 2.56. The molecule has 0 saturated heterocycles. The van der Waals surface area contributed by atoms with E-state index in [9.17, 15) is 0 Å². The van der Waals surface area contributed by atoms with Crippen LogP contribution in [0, 0.1) is 10.8 Å². The van der Waals surface area contributed by atoms with E-state index in [-0.39, 0.29) is 0 Å². The minimum absolute atomic E-state index is 0.490. The summed E-state index contributed by atoms with van der Waals surface area (Å²) in [6, 6.07) is 0. The first-order valence-corrected chi connectivity index (χ1v) is 12.4. The van der Waals surface area contributed by atoms with Crippen LogP contribution in [0.5, 0.6) is 0 Å². The molecule has 0 aromatic heterocycles. The van der Waals surface area contributed by atoms with Crippen molar-refractivity contribution in [3.05, 3.63) is 5.77 Å². The molecule has 1 rings (SSSR count). The van der Waals surface area contributed by atoms with Crippen LogP contribution in [0.15, 0.2) is 5.77 Å². The molecule has 0 nitrogen and oxygen atoms in total. The van der Waals surface area contributed by atoms with E-state index in [1.54, 1.807) is 0 Å². The second kappa shape index (κ2) is 6.22. The summed E-state index contributed by atoms with van der Waals surface area (Å²) in [4.78, 5) is 0. The standard InChI is InChI=1S/C12H22.C2H2.2Y/c1-11(2,3)9-7-8-10-12(4,5)6;1-2;;/h9-10H2,1-6H3;1-2H;;. The van der Waals surface area contributed by atoms with Gasteiger partial charge in [-0.3, -0.25) is 0 Å². The molecule has 2 heteroatoms. The van der Waals surface area contributed by atoms with Crippen molar-refractivity contribution < 1.29 is 57.4 Å². The average Bonchev–Trinajstić information content (AvgIpc) is 2.03. The SMILES string of the molecule is CC(C)(C)C[C]1=[Y][CH]=[CH][Y]=[C]1CC(C)(C)C. The van der Waals surface area contributed by atoms with Crippen LogP contribution in [0.1, 0.15) is 54.4 Å². The van der Waals surface area contributed by atoms with Crippen LogP contribution in [0.4, 0.5) is 0 Å². The molecule has 0 fully saturated rings. The van der Waals surface area contributed by atoms with Gasteiger partial charge in [-0.15, -0.1) is 0 Å². The first-order chi connectivity index (χ1) is 7.17. The molecule has 0 radical (unpaired) electrons. The number of rotatable bonds is 2. The molecule has 1 heterocycles. The van der Waals surface area contributed by atoms with E-state index in [1.807, 2.05) is 4.60 Å². The Morgan fingerprint density at radius 1 is 0.750 bits per heavy atom. The molecular formula is C14H24Y2. The zero-order chi connectivity index (χ0) is 12.4. The van der Waals surface area contributed by atoms with E-state index in [2.05, 4.69) is 47.3 Å². The van der Waals surface area contributed by atoms with Gasteiger partial charge in [0.1, 0.15) is 0 Å². The Morgan fingerprint density at radius 2 is 1.06 bits per heavy atom. The molecule has 0 saturated carbocycles. The summed E-state index contributed by atoms with van der Waals surface area (Å²) in [5.41, 5.74) is 0.996. The molecule has 0 aromatic rings. The van der Waals surface area contributed by atoms with E-state index < -0.39 is 57.4 Å².